The molecular weight excluding hydrogens is 178 g/mol. The van der Waals surface area contributed by atoms with Gasteiger partial charge in [0, 0.05) is 19.1 Å². The van der Waals surface area contributed by atoms with Crippen LogP contribution in [0.25, 0.3) is 0 Å². The lowest BCUT2D eigenvalue weighted by Gasteiger charge is -2.29. The van der Waals surface area contributed by atoms with Gasteiger partial charge in [-0.25, -0.2) is 0 Å². The summed E-state index contributed by atoms with van der Waals surface area (Å²) in [7, 11) is 0. The highest BCUT2D eigenvalue weighted by atomic mass is 16.5. The number of aliphatic hydroxyl groups excluding tert-OH is 1. The maximum Gasteiger partial charge on any atom is 0.0806 e. The normalized spacial score (nSPS) is 34.7. The fourth-order valence-electron chi connectivity index (χ4n) is 2.10. The minimum Gasteiger partial charge on any atom is -0.396 e. The highest BCUT2D eigenvalue weighted by Gasteiger charge is 2.37. The third kappa shape index (κ3) is 2.94. The zero-order chi connectivity index (χ0) is 10.6. The van der Waals surface area contributed by atoms with Crippen LogP contribution in [-0.2, 0) is 4.74 Å². The van der Waals surface area contributed by atoms with Crippen LogP contribution in [0.2, 0.25) is 0 Å². The van der Waals surface area contributed by atoms with E-state index in [2.05, 4.69) is 6.92 Å². The van der Waals surface area contributed by atoms with E-state index in [1.54, 1.807) is 0 Å². The molecule has 3 unspecified atom stereocenters. The molecule has 1 fully saturated rings. The van der Waals surface area contributed by atoms with Crippen molar-refractivity contribution >= 4 is 0 Å². The molecule has 0 aliphatic heterocycles. The second-order valence-electron chi connectivity index (χ2n) is 4.83. The molecule has 0 aromatic carbocycles. The van der Waals surface area contributed by atoms with Crippen LogP contribution >= 0.6 is 0 Å². The highest BCUT2D eigenvalue weighted by molar-refractivity contribution is 4.90. The number of nitrogens with two attached hydrogens (primary N) is 1. The van der Waals surface area contributed by atoms with Crippen molar-refractivity contribution in [1.29, 1.82) is 0 Å². The van der Waals surface area contributed by atoms with Gasteiger partial charge in [-0.1, -0.05) is 13.8 Å². The van der Waals surface area contributed by atoms with E-state index >= 15 is 0 Å². The Morgan fingerprint density at radius 1 is 1.64 bits per heavy atom. The van der Waals surface area contributed by atoms with Gasteiger partial charge < -0.3 is 15.6 Å². The first-order valence-corrected chi connectivity index (χ1v) is 5.57. The molecule has 14 heavy (non-hydrogen) atoms. The standard InChI is InChI=1S/C11H23NO2/c1-9-3-4-11(5-9,8-12)14-7-10(2)6-13/h9-10,13H,3-8,12H2,1-2H3. The fourth-order valence-corrected chi connectivity index (χ4v) is 2.10. The molecule has 1 saturated carbocycles. The lowest BCUT2D eigenvalue weighted by Crippen LogP contribution is -2.39. The van der Waals surface area contributed by atoms with E-state index in [1.165, 1.54) is 6.42 Å². The minimum absolute atomic E-state index is 0.0944. The van der Waals surface area contributed by atoms with Crippen molar-refractivity contribution in [3.05, 3.63) is 0 Å². The Morgan fingerprint density at radius 3 is 2.79 bits per heavy atom. The highest BCUT2D eigenvalue weighted by Crippen LogP contribution is 2.36. The van der Waals surface area contributed by atoms with Crippen LogP contribution in [-0.4, -0.2) is 30.5 Å². The summed E-state index contributed by atoms with van der Waals surface area (Å²) < 4.78 is 5.88. The van der Waals surface area contributed by atoms with Gasteiger partial charge in [-0.05, 0) is 25.2 Å². The van der Waals surface area contributed by atoms with Crippen molar-refractivity contribution in [3.63, 3.8) is 0 Å². The largest absolute Gasteiger partial charge is 0.396 e. The maximum absolute atomic E-state index is 8.91. The first-order chi connectivity index (χ1) is 6.62. The van der Waals surface area contributed by atoms with Crippen molar-refractivity contribution in [1.82, 2.24) is 0 Å². The Morgan fingerprint density at radius 2 is 2.36 bits per heavy atom. The molecule has 0 aromatic heterocycles. The van der Waals surface area contributed by atoms with Gasteiger partial charge in [-0.15, -0.1) is 0 Å². The predicted molar refractivity (Wildman–Crippen MR) is 57.0 cm³/mol. The number of hydrogen-bond acceptors (Lipinski definition) is 3. The second-order valence-corrected chi connectivity index (χ2v) is 4.83. The molecule has 0 aromatic rings. The topological polar surface area (TPSA) is 55.5 Å². The molecule has 0 bridgehead atoms. The smallest absolute Gasteiger partial charge is 0.0806 e. The van der Waals surface area contributed by atoms with Crippen molar-refractivity contribution < 1.29 is 9.84 Å². The first kappa shape index (κ1) is 12.0. The molecule has 3 N–H and O–H groups in total. The molecule has 0 spiro atoms. The molecule has 1 rings (SSSR count). The number of aliphatic hydroxyl groups is 1. The van der Waals surface area contributed by atoms with Crippen LogP contribution in [0.15, 0.2) is 0 Å². The van der Waals surface area contributed by atoms with E-state index in [9.17, 15) is 0 Å². The monoisotopic (exact) mass is 201 g/mol. The van der Waals surface area contributed by atoms with Crippen LogP contribution in [0, 0.1) is 11.8 Å². The zero-order valence-corrected chi connectivity index (χ0v) is 9.33. The summed E-state index contributed by atoms with van der Waals surface area (Å²) in [5, 5.41) is 8.91. The van der Waals surface area contributed by atoms with E-state index < -0.39 is 0 Å². The summed E-state index contributed by atoms with van der Waals surface area (Å²) in [6.07, 6.45) is 3.36. The Bertz CT molecular complexity index is 175. The molecule has 3 nitrogen and oxygen atoms in total. The third-order valence-electron chi connectivity index (χ3n) is 3.17. The van der Waals surface area contributed by atoms with Crippen molar-refractivity contribution in [3.8, 4) is 0 Å². The van der Waals surface area contributed by atoms with Gasteiger partial charge in [0.1, 0.15) is 0 Å². The molecule has 3 atom stereocenters. The van der Waals surface area contributed by atoms with Crippen LogP contribution in [0.5, 0.6) is 0 Å². The summed E-state index contributed by atoms with van der Waals surface area (Å²) in [6.45, 7) is 5.66. The number of ether oxygens (including phenoxy) is 1. The molecule has 0 saturated heterocycles. The van der Waals surface area contributed by atoms with E-state index in [-0.39, 0.29) is 18.1 Å². The second kappa shape index (κ2) is 5.10. The quantitative estimate of drug-likeness (QED) is 0.701. The Hall–Kier alpha value is -0.120. The molecule has 1 aliphatic carbocycles. The predicted octanol–water partition coefficient (Wildman–Crippen LogP) is 1.15. The lowest BCUT2D eigenvalue weighted by molar-refractivity contribution is -0.0557. The Kier molecular flexibility index (Phi) is 4.35. The summed E-state index contributed by atoms with van der Waals surface area (Å²) in [4.78, 5) is 0. The fraction of sp³-hybridized carbons (Fsp3) is 1.00. The average molecular weight is 201 g/mol. The summed E-state index contributed by atoms with van der Waals surface area (Å²) in [5.41, 5.74) is 5.68. The van der Waals surface area contributed by atoms with E-state index in [4.69, 9.17) is 15.6 Å². The number of rotatable bonds is 5. The van der Waals surface area contributed by atoms with Gasteiger partial charge in [-0.3, -0.25) is 0 Å². The van der Waals surface area contributed by atoms with Gasteiger partial charge in [0.15, 0.2) is 0 Å². The van der Waals surface area contributed by atoms with Crippen molar-refractivity contribution in [2.45, 2.75) is 38.7 Å². The van der Waals surface area contributed by atoms with Crippen LogP contribution in [0.4, 0.5) is 0 Å². The zero-order valence-electron chi connectivity index (χ0n) is 9.33. The van der Waals surface area contributed by atoms with E-state index in [0.717, 1.165) is 18.8 Å². The number of hydrogen-bond donors (Lipinski definition) is 2. The summed E-state index contributed by atoms with van der Waals surface area (Å²) in [6, 6.07) is 0. The lowest BCUT2D eigenvalue weighted by atomic mass is 10.0. The van der Waals surface area contributed by atoms with E-state index in [0.29, 0.717) is 13.2 Å². The maximum atomic E-state index is 8.91. The molecule has 3 heteroatoms. The molecule has 0 amide bonds. The summed E-state index contributed by atoms with van der Waals surface area (Å²) >= 11 is 0. The first-order valence-electron chi connectivity index (χ1n) is 5.57. The Balaban J connectivity index is 2.38. The molecule has 0 radical (unpaired) electrons. The molecular formula is C11H23NO2. The van der Waals surface area contributed by atoms with E-state index in [1.807, 2.05) is 6.92 Å². The SMILES string of the molecule is CC(CO)COC1(CN)CCC(C)C1. The van der Waals surface area contributed by atoms with Gasteiger partial charge in [0.2, 0.25) is 0 Å². The Labute approximate surface area is 86.6 Å². The van der Waals surface area contributed by atoms with Gasteiger partial charge in [0.25, 0.3) is 0 Å². The van der Waals surface area contributed by atoms with Gasteiger partial charge in [-0.2, -0.15) is 0 Å². The minimum atomic E-state index is -0.0944. The van der Waals surface area contributed by atoms with Gasteiger partial charge in [0.05, 0.1) is 12.2 Å². The third-order valence-corrected chi connectivity index (χ3v) is 3.17. The van der Waals surface area contributed by atoms with Crippen molar-refractivity contribution in [2.75, 3.05) is 19.8 Å². The van der Waals surface area contributed by atoms with Crippen LogP contribution in [0.1, 0.15) is 33.1 Å². The molecule has 1 aliphatic rings. The van der Waals surface area contributed by atoms with Gasteiger partial charge >= 0.3 is 0 Å². The molecule has 84 valence electrons. The molecule has 0 heterocycles. The van der Waals surface area contributed by atoms with Crippen LogP contribution in [0.3, 0.4) is 0 Å². The summed E-state index contributed by atoms with van der Waals surface area (Å²) in [5.74, 6) is 0.942. The van der Waals surface area contributed by atoms with Crippen LogP contribution < -0.4 is 5.73 Å². The van der Waals surface area contributed by atoms with Crippen molar-refractivity contribution in [2.24, 2.45) is 17.6 Å². The average Bonchev–Trinajstić information content (AvgIpc) is 2.57.